The van der Waals surface area contributed by atoms with Crippen LogP contribution in [0.3, 0.4) is 0 Å². The summed E-state index contributed by atoms with van der Waals surface area (Å²) < 4.78 is 0. The third kappa shape index (κ3) is 4.01. The number of hydrogen-bond donors (Lipinski definition) is 1. The Balaban J connectivity index is 2.62. The molecule has 0 radical (unpaired) electrons. The highest BCUT2D eigenvalue weighted by molar-refractivity contribution is 6.76. The van der Waals surface area contributed by atoms with Crippen molar-refractivity contribution in [3.05, 3.63) is 28.8 Å². The van der Waals surface area contributed by atoms with E-state index in [0.29, 0.717) is 5.75 Å². The number of aromatic hydroxyl groups is 1. The average molecular weight is 236 g/mol. The molecule has 1 rings (SSSR count). The van der Waals surface area contributed by atoms with Crippen LogP contribution in [0, 0.1) is 13.8 Å². The van der Waals surface area contributed by atoms with Crippen molar-refractivity contribution < 1.29 is 5.11 Å². The van der Waals surface area contributed by atoms with E-state index in [0.717, 1.165) is 17.5 Å². The van der Waals surface area contributed by atoms with Crippen LogP contribution in [-0.2, 0) is 6.42 Å². The van der Waals surface area contributed by atoms with Crippen LogP contribution in [0.1, 0.15) is 23.1 Å². The van der Waals surface area contributed by atoms with E-state index < -0.39 is 8.07 Å². The van der Waals surface area contributed by atoms with E-state index in [9.17, 15) is 5.11 Å². The molecule has 90 valence electrons. The molecule has 1 aromatic rings. The molecule has 1 nitrogen and oxygen atoms in total. The molecular formula is C14H24OSi. The minimum absolute atomic E-state index is 0.453. The lowest BCUT2D eigenvalue weighted by Gasteiger charge is -2.15. The molecule has 0 amide bonds. The maximum Gasteiger partial charge on any atom is 0.121 e. The number of hydrogen-bond acceptors (Lipinski definition) is 1. The molecule has 1 aromatic carbocycles. The second-order valence-corrected chi connectivity index (χ2v) is 11.6. The minimum atomic E-state index is -0.899. The third-order valence-corrected chi connectivity index (χ3v) is 4.80. The lowest BCUT2D eigenvalue weighted by molar-refractivity contribution is 0.466. The molecule has 0 aromatic heterocycles. The number of phenols is 1. The van der Waals surface area contributed by atoms with Crippen LogP contribution in [0.15, 0.2) is 12.1 Å². The zero-order valence-corrected chi connectivity index (χ0v) is 12.2. The largest absolute Gasteiger partial charge is 0.507 e. The summed E-state index contributed by atoms with van der Waals surface area (Å²) >= 11 is 0. The average Bonchev–Trinajstić information content (AvgIpc) is 2.12. The maximum absolute atomic E-state index is 9.69. The van der Waals surface area contributed by atoms with Crippen molar-refractivity contribution in [2.24, 2.45) is 0 Å². The molecule has 2 heteroatoms. The highest BCUT2D eigenvalue weighted by atomic mass is 28.3. The molecule has 0 saturated heterocycles. The van der Waals surface area contributed by atoms with E-state index in [1.807, 2.05) is 13.8 Å². The summed E-state index contributed by atoms with van der Waals surface area (Å²) in [6.07, 6.45) is 2.42. The summed E-state index contributed by atoms with van der Waals surface area (Å²) in [5.74, 6) is 0.453. The second kappa shape index (κ2) is 5.04. The fourth-order valence-corrected chi connectivity index (χ4v) is 3.25. The fourth-order valence-electron chi connectivity index (χ4n) is 2.01. The van der Waals surface area contributed by atoms with Crippen LogP contribution in [0.25, 0.3) is 0 Å². The van der Waals surface area contributed by atoms with Crippen molar-refractivity contribution in [2.45, 2.75) is 52.4 Å². The molecule has 0 aliphatic heterocycles. The standard InChI is InChI=1S/C14H24OSi/c1-11-9-13(10-12(2)14(11)15)7-6-8-16(3,4)5/h9-10,15H,6-8H2,1-5H3. The number of benzene rings is 1. The first kappa shape index (κ1) is 13.3. The summed E-state index contributed by atoms with van der Waals surface area (Å²) in [6, 6.07) is 5.62. The Bertz CT molecular complexity index is 340. The van der Waals surface area contributed by atoms with Gasteiger partial charge in [-0.3, -0.25) is 0 Å². The first-order valence-corrected chi connectivity index (χ1v) is 9.79. The topological polar surface area (TPSA) is 20.2 Å². The smallest absolute Gasteiger partial charge is 0.121 e. The highest BCUT2D eigenvalue weighted by Gasteiger charge is 2.12. The number of rotatable bonds is 4. The molecule has 0 atom stereocenters. The molecule has 1 N–H and O–H groups in total. The first-order chi connectivity index (χ1) is 7.29. The van der Waals surface area contributed by atoms with Gasteiger partial charge in [-0.2, -0.15) is 0 Å². The Hall–Kier alpha value is -0.763. The summed E-state index contributed by atoms with van der Waals surface area (Å²) in [4.78, 5) is 0. The molecule has 0 bridgehead atoms. The van der Waals surface area contributed by atoms with Gasteiger partial charge in [0, 0.05) is 8.07 Å². The van der Waals surface area contributed by atoms with Crippen LogP contribution < -0.4 is 0 Å². The van der Waals surface area contributed by atoms with Crippen molar-refractivity contribution >= 4 is 8.07 Å². The maximum atomic E-state index is 9.69. The zero-order chi connectivity index (χ0) is 12.3. The van der Waals surface area contributed by atoms with Crippen molar-refractivity contribution in [1.82, 2.24) is 0 Å². The van der Waals surface area contributed by atoms with Gasteiger partial charge >= 0.3 is 0 Å². The molecule has 16 heavy (non-hydrogen) atoms. The van der Waals surface area contributed by atoms with Gasteiger partial charge in [0.25, 0.3) is 0 Å². The molecule has 0 aliphatic rings. The molecule has 0 aliphatic carbocycles. The SMILES string of the molecule is Cc1cc(CCC[Si](C)(C)C)cc(C)c1O. The van der Waals surface area contributed by atoms with Gasteiger partial charge in [0.1, 0.15) is 5.75 Å². The summed E-state index contributed by atoms with van der Waals surface area (Å²) in [7, 11) is -0.899. The Morgan fingerprint density at radius 1 is 1.06 bits per heavy atom. The summed E-state index contributed by atoms with van der Waals surface area (Å²) in [5, 5.41) is 9.69. The predicted octanol–water partition coefficient (Wildman–Crippen LogP) is 4.28. The van der Waals surface area contributed by atoms with E-state index >= 15 is 0 Å². The van der Waals surface area contributed by atoms with Crippen LogP contribution >= 0.6 is 0 Å². The van der Waals surface area contributed by atoms with Crippen LogP contribution in [0.5, 0.6) is 5.75 Å². The van der Waals surface area contributed by atoms with Gasteiger partial charge in [0.15, 0.2) is 0 Å². The summed E-state index contributed by atoms with van der Waals surface area (Å²) in [6.45, 7) is 11.2. The number of aryl methyl sites for hydroxylation is 3. The van der Waals surface area contributed by atoms with Gasteiger partial charge in [-0.05, 0) is 37.0 Å². The van der Waals surface area contributed by atoms with Crippen molar-refractivity contribution in [3.63, 3.8) is 0 Å². The van der Waals surface area contributed by atoms with Gasteiger partial charge in [-0.25, -0.2) is 0 Å². The van der Waals surface area contributed by atoms with E-state index in [2.05, 4.69) is 31.8 Å². The summed E-state index contributed by atoms with van der Waals surface area (Å²) in [5.41, 5.74) is 3.37. The lowest BCUT2D eigenvalue weighted by atomic mass is 10.0. The Morgan fingerprint density at radius 2 is 1.56 bits per heavy atom. The minimum Gasteiger partial charge on any atom is -0.507 e. The first-order valence-electron chi connectivity index (χ1n) is 6.09. The van der Waals surface area contributed by atoms with Crippen molar-refractivity contribution in [2.75, 3.05) is 0 Å². The van der Waals surface area contributed by atoms with Gasteiger partial charge < -0.3 is 5.11 Å². The normalized spacial score (nSPS) is 11.8. The molecule has 0 heterocycles. The van der Waals surface area contributed by atoms with Crippen molar-refractivity contribution in [3.8, 4) is 5.75 Å². The fraction of sp³-hybridized carbons (Fsp3) is 0.571. The Morgan fingerprint density at radius 3 is 2.00 bits per heavy atom. The molecular weight excluding hydrogens is 212 g/mol. The van der Waals surface area contributed by atoms with E-state index in [1.165, 1.54) is 18.0 Å². The third-order valence-electron chi connectivity index (χ3n) is 2.94. The Labute approximate surface area is 101 Å². The quantitative estimate of drug-likeness (QED) is 0.774. The van der Waals surface area contributed by atoms with Gasteiger partial charge in [-0.1, -0.05) is 44.2 Å². The van der Waals surface area contributed by atoms with Gasteiger partial charge in [-0.15, -0.1) is 0 Å². The van der Waals surface area contributed by atoms with Crippen LogP contribution in [-0.4, -0.2) is 13.2 Å². The van der Waals surface area contributed by atoms with E-state index in [1.54, 1.807) is 0 Å². The van der Waals surface area contributed by atoms with Crippen molar-refractivity contribution in [1.29, 1.82) is 0 Å². The highest BCUT2D eigenvalue weighted by Crippen LogP contribution is 2.24. The molecule has 0 fully saturated rings. The number of phenolic OH excluding ortho intramolecular Hbond substituents is 1. The van der Waals surface area contributed by atoms with E-state index in [4.69, 9.17) is 0 Å². The van der Waals surface area contributed by atoms with Gasteiger partial charge in [0.05, 0.1) is 0 Å². The predicted molar refractivity (Wildman–Crippen MR) is 74.1 cm³/mol. The monoisotopic (exact) mass is 236 g/mol. The molecule has 0 unspecified atom stereocenters. The van der Waals surface area contributed by atoms with E-state index in [-0.39, 0.29) is 0 Å². The second-order valence-electron chi connectivity index (χ2n) is 5.99. The Kier molecular flexibility index (Phi) is 4.19. The zero-order valence-electron chi connectivity index (χ0n) is 11.2. The van der Waals surface area contributed by atoms with Gasteiger partial charge in [0.2, 0.25) is 0 Å². The molecule has 0 spiro atoms. The van der Waals surface area contributed by atoms with Crippen LogP contribution in [0.4, 0.5) is 0 Å². The van der Waals surface area contributed by atoms with Crippen LogP contribution in [0.2, 0.25) is 25.7 Å². The molecule has 0 saturated carbocycles. The lowest BCUT2D eigenvalue weighted by Crippen LogP contribution is -2.18.